The Morgan fingerprint density at radius 1 is 0.966 bits per heavy atom. The average molecular weight is 509 g/mol. The van der Waals surface area contributed by atoms with E-state index in [1.54, 1.807) is 18.2 Å². The second-order valence-electron chi connectivity index (χ2n) is 6.12. The maximum absolute atomic E-state index is 12.9. The largest absolute Gasteiger partial charge is 0.457 e. The highest BCUT2D eigenvalue weighted by molar-refractivity contribution is 14.1. The van der Waals surface area contributed by atoms with Crippen molar-refractivity contribution in [3.63, 3.8) is 0 Å². The van der Waals surface area contributed by atoms with Crippen molar-refractivity contribution in [2.45, 2.75) is 6.18 Å². The molecule has 0 radical (unpaired) electrons. The van der Waals surface area contributed by atoms with Gasteiger partial charge in [0.2, 0.25) is 5.90 Å². The van der Waals surface area contributed by atoms with Crippen LogP contribution in [0.1, 0.15) is 16.9 Å². The molecule has 146 valence electrons. The second-order valence-corrected chi connectivity index (χ2v) is 7.37. The lowest BCUT2D eigenvalue weighted by atomic mass is 10.1. The van der Waals surface area contributed by atoms with E-state index in [0.29, 0.717) is 5.56 Å². The summed E-state index contributed by atoms with van der Waals surface area (Å²) in [5.74, 6) is 0.0750. The predicted molar refractivity (Wildman–Crippen MR) is 109 cm³/mol. The van der Waals surface area contributed by atoms with E-state index in [-0.39, 0.29) is 28.7 Å². The van der Waals surface area contributed by atoms with Crippen LogP contribution >= 0.6 is 22.6 Å². The minimum absolute atomic E-state index is 0.0449. The molecular formula is C21H11F3INO3. The summed E-state index contributed by atoms with van der Waals surface area (Å²) in [6.07, 6.45) is -3.05. The second kappa shape index (κ2) is 7.51. The summed E-state index contributed by atoms with van der Waals surface area (Å²) in [7, 11) is 0. The zero-order chi connectivity index (χ0) is 20.6. The topological polar surface area (TPSA) is 51.8 Å². The number of rotatable bonds is 3. The van der Waals surface area contributed by atoms with Gasteiger partial charge in [0.1, 0.15) is 11.5 Å². The van der Waals surface area contributed by atoms with Crippen LogP contribution in [-0.4, -0.2) is 11.9 Å². The van der Waals surface area contributed by atoms with Crippen molar-refractivity contribution in [2.75, 3.05) is 0 Å². The Hall–Kier alpha value is -2.88. The third kappa shape index (κ3) is 4.26. The van der Waals surface area contributed by atoms with E-state index in [9.17, 15) is 18.0 Å². The highest BCUT2D eigenvalue weighted by Crippen LogP contribution is 2.33. The number of hydrogen-bond donors (Lipinski definition) is 0. The number of esters is 1. The van der Waals surface area contributed by atoms with E-state index in [2.05, 4.69) is 27.6 Å². The molecule has 2 aromatic carbocycles. The molecule has 2 heterocycles. The van der Waals surface area contributed by atoms with E-state index in [0.717, 1.165) is 15.7 Å². The Bertz CT molecular complexity index is 1140. The number of hydrogen-bond acceptors (Lipinski definition) is 4. The zero-order valence-electron chi connectivity index (χ0n) is 14.5. The summed E-state index contributed by atoms with van der Waals surface area (Å²) >= 11 is 2.16. The molecule has 0 atom stereocenters. The van der Waals surface area contributed by atoms with E-state index < -0.39 is 17.7 Å². The lowest BCUT2D eigenvalue weighted by molar-refractivity contribution is -0.137. The van der Waals surface area contributed by atoms with Crippen LogP contribution in [0.3, 0.4) is 0 Å². The fourth-order valence-electron chi connectivity index (χ4n) is 2.69. The molecule has 0 amide bonds. The number of furan rings is 1. The molecule has 0 saturated carbocycles. The zero-order valence-corrected chi connectivity index (χ0v) is 16.7. The summed E-state index contributed by atoms with van der Waals surface area (Å²) in [5, 5.41) is 0. The first kappa shape index (κ1) is 19.4. The van der Waals surface area contributed by atoms with E-state index >= 15 is 0 Å². The molecule has 0 N–H and O–H groups in total. The average Bonchev–Trinajstić information content (AvgIpc) is 3.29. The van der Waals surface area contributed by atoms with Gasteiger partial charge < -0.3 is 9.15 Å². The lowest BCUT2D eigenvalue weighted by Gasteiger charge is -2.07. The van der Waals surface area contributed by atoms with Crippen molar-refractivity contribution >= 4 is 40.5 Å². The van der Waals surface area contributed by atoms with Crippen molar-refractivity contribution in [3.05, 3.63) is 86.8 Å². The number of cyclic esters (lactones) is 1. The summed E-state index contributed by atoms with van der Waals surface area (Å²) in [6, 6.07) is 15.2. The molecule has 0 bridgehead atoms. The molecule has 1 aliphatic rings. The molecular weight excluding hydrogens is 498 g/mol. The quantitative estimate of drug-likeness (QED) is 0.251. The first-order valence-electron chi connectivity index (χ1n) is 8.35. The molecule has 1 aliphatic heterocycles. The van der Waals surface area contributed by atoms with Gasteiger partial charge in [0.05, 0.1) is 5.56 Å². The predicted octanol–water partition coefficient (Wildman–Crippen LogP) is 5.91. The first-order chi connectivity index (χ1) is 13.8. The van der Waals surface area contributed by atoms with Gasteiger partial charge in [0.25, 0.3) is 0 Å². The highest BCUT2D eigenvalue weighted by atomic mass is 127. The standard InChI is InChI=1S/C21H11F3INO3/c22-21(23,24)14-3-1-2-13(10-14)18-9-8-16(28-18)11-17-20(27)29-19(26-17)12-4-6-15(25)7-5-12/h1-11H/b17-11-. The van der Waals surface area contributed by atoms with Crippen LogP contribution in [0.4, 0.5) is 13.2 Å². The molecule has 1 aromatic heterocycles. The maximum Gasteiger partial charge on any atom is 0.416 e. The Morgan fingerprint density at radius 2 is 1.72 bits per heavy atom. The fraction of sp³-hybridized carbons (Fsp3) is 0.0476. The summed E-state index contributed by atoms with van der Waals surface area (Å²) in [5.41, 5.74) is 0.216. The number of ether oxygens (including phenoxy) is 1. The molecule has 0 spiro atoms. The molecule has 0 saturated heterocycles. The number of halogens is 4. The molecule has 4 rings (SSSR count). The third-order valence-electron chi connectivity index (χ3n) is 4.09. The van der Waals surface area contributed by atoms with Gasteiger partial charge in [-0.2, -0.15) is 13.2 Å². The van der Waals surface area contributed by atoms with Gasteiger partial charge >= 0.3 is 12.1 Å². The summed E-state index contributed by atoms with van der Waals surface area (Å²) in [4.78, 5) is 16.3. The number of carbonyl (C=O) groups is 1. The number of nitrogens with zero attached hydrogens (tertiary/aromatic N) is 1. The molecule has 8 heteroatoms. The van der Waals surface area contributed by atoms with Gasteiger partial charge in [-0.15, -0.1) is 0 Å². The van der Waals surface area contributed by atoms with Gasteiger partial charge in [-0.3, -0.25) is 0 Å². The molecule has 4 nitrogen and oxygen atoms in total. The summed E-state index contributed by atoms with van der Waals surface area (Å²) in [6.45, 7) is 0. The van der Waals surface area contributed by atoms with Crippen molar-refractivity contribution in [3.8, 4) is 11.3 Å². The van der Waals surface area contributed by atoms with Crippen LogP contribution in [0.25, 0.3) is 17.4 Å². The Kier molecular flexibility index (Phi) is 5.03. The Labute approximate surface area is 176 Å². The summed E-state index contributed by atoms with van der Waals surface area (Å²) < 4.78 is 50.5. The van der Waals surface area contributed by atoms with Gasteiger partial charge in [-0.25, -0.2) is 9.79 Å². The molecule has 29 heavy (non-hydrogen) atoms. The monoisotopic (exact) mass is 509 g/mol. The van der Waals surface area contributed by atoms with E-state index in [1.807, 2.05) is 12.1 Å². The van der Waals surface area contributed by atoms with Gasteiger partial charge in [-0.05, 0) is 71.1 Å². The van der Waals surface area contributed by atoms with Gasteiger partial charge in [0, 0.05) is 20.8 Å². The minimum atomic E-state index is -4.44. The molecule has 0 fully saturated rings. The number of benzene rings is 2. The molecule has 3 aromatic rings. The van der Waals surface area contributed by atoms with E-state index in [1.165, 1.54) is 24.3 Å². The highest BCUT2D eigenvalue weighted by Gasteiger charge is 2.30. The number of aliphatic imine (C=N–C) groups is 1. The van der Waals surface area contributed by atoms with Crippen LogP contribution in [0.15, 0.2) is 75.8 Å². The van der Waals surface area contributed by atoms with Crippen molar-refractivity contribution in [1.82, 2.24) is 0 Å². The van der Waals surface area contributed by atoms with Crippen LogP contribution < -0.4 is 0 Å². The van der Waals surface area contributed by atoms with Crippen molar-refractivity contribution < 1.29 is 27.1 Å². The number of carbonyl (C=O) groups excluding carboxylic acids is 1. The van der Waals surface area contributed by atoms with Crippen molar-refractivity contribution in [1.29, 1.82) is 0 Å². The van der Waals surface area contributed by atoms with Gasteiger partial charge in [-0.1, -0.05) is 12.1 Å². The minimum Gasteiger partial charge on any atom is -0.457 e. The molecule has 0 aliphatic carbocycles. The van der Waals surface area contributed by atoms with Crippen molar-refractivity contribution in [2.24, 2.45) is 4.99 Å². The smallest absolute Gasteiger partial charge is 0.416 e. The van der Waals surface area contributed by atoms with Crippen LogP contribution in [0, 0.1) is 3.57 Å². The van der Waals surface area contributed by atoms with E-state index in [4.69, 9.17) is 9.15 Å². The Morgan fingerprint density at radius 3 is 2.45 bits per heavy atom. The van der Waals surface area contributed by atoms with Crippen LogP contribution in [-0.2, 0) is 15.7 Å². The fourth-order valence-corrected chi connectivity index (χ4v) is 3.05. The van der Waals surface area contributed by atoms with Crippen LogP contribution in [0.5, 0.6) is 0 Å². The normalized spacial score (nSPS) is 15.5. The SMILES string of the molecule is O=C1OC(c2ccc(I)cc2)=N/C1=C\c1ccc(-c2cccc(C(F)(F)F)c2)o1. The van der Waals surface area contributed by atoms with Crippen LogP contribution in [0.2, 0.25) is 0 Å². The maximum atomic E-state index is 12.9. The first-order valence-corrected chi connectivity index (χ1v) is 9.43. The lowest BCUT2D eigenvalue weighted by Crippen LogP contribution is -2.05. The van der Waals surface area contributed by atoms with Gasteiger partial charge in [0.15, 0.2) is 5.70 Å². The third-order valence-corrected chi connectivity index (χ3v) is 4.81. The number of alkyl halides is 3. The Balaban J connectivity index is 1.61. The molecule has 0 unspecified atom stereocenters.